The molecule has 0 atom stereocenters. The van der Waals surface area contributed by atoms with Gasteiger partial charge >= 0.3 is 0 Å². The number of ether oxygens (including phenoxy) is 1. The van der Waals surface area contributed by atoms with Crippen LogP contribution in [-0.4, -0.2) is 22.0 Å². The Hall–Kier alpha value is -4.72. The maximum atomic E-state index is 14.7. The molecule has 6 aromatic rings. The van der Waals surface area contributed by atoms with E-state index in [1.807, 2.05) is 58.0 Å². The fourth-order valence-corrected chi connectivity index (χ4v) is 5.15. The number of nitrogens with zero attached hydrogens (tertiary/aromatic N) is 2. The van der Waals surface area contributed by atoms with E-state index in [2.05, 4.69) is 15.3 Å². The smallest absolute Gasteiger partial charge is 0.251 e. The predicted molar refractivity (Wildman–Crippen MR) is 151 cm³/mol. The Morgan fingerprint density at radius 3 is 2.46 bits per heavy atom. The first kappa shape index (κ1) is 24.6. The lowest BCUT2D eigenvalue weighted by Crippen LogP contribution is -2.24. The minimum atomic E-state index is -0.427. The number of benzene rings is 3. The molecule has 8 heteroatoms. The summed E-state index contributed by atoms with van der Waals surface area (Å²) < 4.78 is 26.5. The SMILES string of the molecule is Cc1cc(N)nc(C)c1CNC(=O)c1ccc2c(c1)c1oc2c2cc(-c3cc(OC(C)C)ncc3F)ccc21. The van der Waals surface area contributed by atoms with Crippen LogP contribution in [0.2, 0.25) is 0 Å². The number of fused-ring (bicyclic) bond motifs is 8. The molecule has 0 spiro atoms. The van der Waals surface area contributed by atoms with Crippen LogP contribution >= 0.6 is 0 Å². The van der Waals surface area contributed by atoms with E-state index in [1.54, 1.807) is 18.2 Å². The lowest BCUT2D eigenvalue weighted by Gasteiger charge is -2.12. The first-order valence-electron chi connectivity index (χ1n) is 12.7. The van der Waals surface area contributed by atoms with Crippen molar-refractivity contribution in [1.29, 1.82) is 0 Å². The largest absolute Gasteiger partial charge is 0.475 e. The Labute approximate surface area is 224 Å². The highest BCUT2D eigenvalue weighted by Gasteiger charge is 2.20. The van der Waals surface area contributed by atoms with E-state index in [0.29, 0.717) is 46.1 Å². The van der Waals surface area contributed by atoms with E-state index in [0.717, 1.165) is 38.4 Å². The highest BCUT2D eigenvalue weighted by molar-refractivity contribution is 6.26. The van der Waals surface area contributed by atoms with Crippen LogP contribution in [0.3, 0.4) is 0 Å². The number of rotatable bonds is 6. The Bertz CT molecular complexity index is 1870. The molecule has 4 heterocycles. The van der Waals surface area contributed by atoms with Gasteiger partial charge in [0.05, 0.1) is 12.3 Å². The fourth-order valence-electron chi connectivity index (χ4n) is 5.15. The van der Waals surface area contributed by atoms with Gasteiger partial charge < -0.3 is 20.2 Å². The molecule has 3 N–H and O–H groups in total. The molecule has 0 radical (unpaired) electrons. The monoisotopic (exact) mass is 522 g/mol. The average Bonchev–Trinajstić information content (AvgIpc) is 3.45. The van der Waals surface area contributed by atoms with Crippen molar-refractivity contribution in [2.45, 2.75) is 40.3 Å². The number of amides is 1. The standard InChI is InChI=1S/C31H27FN4O3/c1-15(2)38-28-12-22(26(32)14-34-28)18-5-7-20-23(10-18)29-21-8-6-19(11-24(21)30(20)39-29)31(37)35-13-25-16(3)9-27(33)36-17(25)4/h5-12,14-15H,13H2,1-4H3,(H2,33,36)(H,35,37). The van der Waals surface area contributed by atoms with Crippen LogP contribution in [0.25, 0.3) is 43.8 Å². The fraction of sp³-hybridized carbons (Fsp3) is 0.194. The van der Waals surface area contributed by atoms with Crippen molar-refractivity contribution in [1.82, 2.24) is 15.3 Å². The van der Waals surface area contributed by atoms with Gasteiger partial charge in [0.1, 0.15) is 22.8 Å². The molecule has 0 fully saturated rings. The second-order valence-corrected chi connectivity index (χ2v) is 10.1. The number of nitrogens with one attached hydrogen (secondary N) is 1. The number of aryl methyl sites for hydroxylation is 2. The molecule has 7 nitrogen and oxygen atoms in total. The minimum absolute atomic E-state index is 0.0710. The van der Waals surface area contributed by atoms with Gasteiger partial charge in [0.2, 0.25) is 5.88 Å². The van der Waals surface area contributed by atoms with Gasteiger partial charge in [-0.15, -0.1) is 0 Å². The first-order valence-corrected chi connectivity index (χ1v) is 12.7. The van der Waals surface area contributed by atoms with Crippen LogP contribution in [0.4, 0.5) is 10.2 Å². The molecule has 0 aliphatic heterocycles. The van der Waals surface area contributed by atoms with Crippen molar-refractivity contribution >= 4 is 44.4 Å². The van der Waals surface area contributed by atoms with Gasteiger partial charge in [0, 0.05) is 51.0 Å². The second kappa shape index (κ2) is 9.23. The number of nitrogens with two attached hydrogens (primary N) is 1. The van der Waals surface area contributed by atoms with E-state index in [9.17, 15) is 9.18 Å². The summed E-state index contributed by atoms with van der Waals surface area (Å²) in [5.74, 6) is 0.219. The van der Waals surface area contributed by atoms with Gasteiger partial charge in [-0.3, -0.25) is 4.79 Å². The molecule has 0 saturated carbocycles. The molecular formula is C31H27FN4O3. The molecule has 0 unspecified atom stereocenters. The van der Waals surface area contributed by atoms with Crippen molar-refractivity contribution in [2.75, 3.05) is 5.73 Å². The number of halogens is 1. The van der Waals surface area contributed by atoms with E-state index >= 15 is 0 Å². The second-order valence-electron chi connectivity index (χ2n) is 10.1. The highest BCUT2D eigenvalue weighted by atomic mass is 19.1. The Kier molecular flexibility index (Phi) is 5.83. The lowest BCUT2D eigenvalue weighted by atomic mass is 9.97. The normalized spacial score (nSPS) is 11.7. The zero-order valence-electron chi connectivity index (χ0n) is 22.1. The highest BCUT2D eigenvalue weighted by Crippen LogP contribution is 2.42. The minimum Gasteiger partial charge on any atom is -0.475 e. The van der Waals surface area contributed by atoms with E-state index in [1.165, 1.54) is 6.20 Å². The van der Waals surface area contributed by atoms with Gasteiger partial charge in [-0.25, -0.2) is 14.4 Å². The zero-order valence-corrected chi connectivity index (χ0v) is 22.1. The summed E-state index contributed by atoms with van der Waals surface area (Å²) in [5, 5.41) is 6.55. The van der Waals surface area contributed by atoms with Crippen LogP contribution in [-0.2, 0) is 6.54 Å². The number of furan rings is 2. The molecule has 0 aliphatic rings. The molecule has 0 saturated heterocycles. The van der Waals surface area contributed by atoms with Gasteiger partial charge in [-0.2, -0.15) is 0 Å². The number of nitrogen functional groups attached to an aromatic ring is 1. The van der Waals surface area contributed by atoms with Crippen LogP contribution in [0.1, 0.15) is 41.0 Å². The van der Waals surface area contributed by atoms with Crippen LogP contribution in [0.5, 0.6) is 5.88 Å². The molecule has 2 aromatic carbocycles. The molecule has 1 amide bonds. The third kappa shape index (κ3) is 4.27. The number of carbonyl (C=O) groups is 1. The molecule has 4 aromatic heterocycles. The number of carbonyl (C=O) groups excluding carboxylic acids is 1. The van der Waals surface area contributed by atoms with E-state index < -0.39 is 5.82 Å². The quantitative estimate of drug-likeness (QED) is 0.236. The van der Waals surface area contributed by atoms with Gasteiger partial charge in [0.15, 0.2) is 0 Å². The van der Waals surface area contributed by atoms with Crippen LogP contribution < -0.4 is 15.8 Å². The van der Waals surface area contributed by atoms with Crippen molar-refractivity contribution in [3.63, 3.8) is 0 Å². The molecule has 39 heavy (non-hydrogen) atoms. The summed E-state index contributed by atoms with van der Waals surface area (Å²) in [6.45, 7) is 7.98. The number of pyridine rings is 2. The molecule has 6 rings (SSSR count). The topological polar surface area (TPSA) is 103 Å². The number of hydrogen-bond donors (Lipinski definition) is 2. The lowest BCUT2D eigenvalue weighted by molar-refractivity contribution is 0.0951. The molecular weight excluding hydrogens is 495 g/mol. The first-order chi connectivity index (χ1) is 18.7. The molecule has 0 aliphatic carbocycles. The Balaban J connectivity index is 1.32. The summed E-state index contributed by atoms with van der Waals surface area (Å²) >= 11 is 0. The summed E-state index contributed by atoms with van der Waals surface area (Å²) in [6, 6.07) is 14.6. The number of anilines is 1. The number of aromatic nitrogens is 2. The van der Waals surface area contributed by atoms with Crippen molar-refractivity contribution < 1.29 is 18.3 Å². The summed E-state index contributed by atoms with van der Waals surface area (Å²) in [4.78, 5) is 21.4. The average molecular weight is 523 g/mol. The zero-order chi connectivity index (χ0) is 27.4. The van der Waals surface area contributed by atoms with E-state index in [4.69, 9.17) is 14.9 Å². The van der Waals surface area contributed by atoms with Gasteiger partial charge in [-0.1, -0.05) is 6.07 Å². The summed E-state index contributed by atoms with van der Waals surface area (Å²) in [6.07, 6.45) is 1.11. The third-order valence-electron chi connectivity index (χ3n) is 6.98. The van der Waals surface area contributed by atoms with Crippen LogP contribution in [0.15, 0.2) is 59.1 Å². The predicted octanol–water partition coefficient (Wildman–Crippen LogP) is 6.69. The van der Waals surface area contributed by atoms with Crippen molar-refractivity contribution in [3.8, 4) is 17.0 Å². The van der Waals surface area contributed by atoms with E-state index in [-0.39, 0.29) is 12.0 Å². The summed E-state index contributed by atoms with van der Waals surface area (Å²) in [7, 11) is 0. The van der Waals surface area contributed by atoms with Crippen LogP contribution in [0, 0.1) is 19.7 Å². The Morgan fingerprint density at radius 1 is 1.03 bits per heavy atom. The van der Waals surface area contributed by atoms with Gasteiger partial charge in [-0.05, 0) is 80.8 Å². The number of hydrogen-bond acceptors (Lipinski definition) is 6. The molecule has 2 bridgehead atoms. The maximum absolute atomic E-state index is 14.7. The van der Waals surface area contributed by atoms with Gasteiger partial charge in [0.25, 0.3) is 5.91 Å². The maximum Gasteiger partial charge on any atom is 0.251 e. The van der Waals surface area contributed by atoms with Crippen molar-refractivity contribution in [2.24, 2.45) is 0 Å². The Morgan fingerprint density at radius 2 is 1.74 bits per heavy atom. The summed E-state index contributed by atoms with van der Waals surface area (Å²) in [5.41, 5.74) is 11.6. The van der Waals surface area contributed by atoms with Crippen molar-refractivity contribution in [3.05, 3.63) is 82.9 Å². The third-order valence-corrected chi connectivity index (χ3v) is 6.98. The molecule has 196 valence electrons.